The highest BCUT2D eigenvalue weighted by molar-refractivity contribution is 6.30. The summed E-state index contributed by atoms with van der Waals surface area (Å²) in [5.41, 5.74) is 5.29. The molecular weight excluding hydrogens is 457 g/mol. The number of rotatable bonds is 6. The average molecular weight is 480 g/mol. The minimum Gasteiger partial charge on any atom is -0.502 e. The number of hydrogen-bond acceptors (Lipinski definition) is 4. The molecule has 7 heteroatoms. The minimum atomic E-state index is -0.378. The molecule has 0 atom stereocenters. The van der Waals surface area contributed by atoms with E-state index in [0.717, 1.165) is 27.8 Å². The third-order valence-corrected chi connectivity index (χ3v) is 5.98. The number of amides is 1. The summed E-state index contributed by atoms with van der Waals surface area (Å²) in [4.78, 5) is 12.8. The number of fused-ring (bicyclic) bond motifs is 1. The van der Waals surface area contributed by atoms with Crippen LogP contribution >= 0.6 is 11.6 Å². The Morgan fingerprint density at radius 2 is 1.68 bits per heavy atom. The van der Waals surface area contributed by atoms with E-state index >= 15 is 0 Å². The number of anilines is 1. The van der Waals surface area contributed by atoms with Crippen molar-refractivity contribution in [3.8, 4) is 17.2 Å². The predicted molar refractivity (Wildman–Crippen MR) is 133 cm³/mol. The molecule has 0 spiro atoms. The molecule has 3 aromatic rings. The molecule has 0 aromatic heterocycles. The summed E-state index contributed by atoms with van der Waals surface area (Å²) in [6.07, 6.45) is 1.98. The number of phenols is 1. The minimum absolute atomic E-state index is 0.0739. The lowest BCUT2D eigenvalue weighted by Gasteiger charge is -2.11. The second kappa shape index (κ2) is 9.61. The molecule has 4 rings (SSSR count). The molecule has 0 aliphatic heterocycles. The van der Waals surface area contributed by atoms with Crippen LogP contribution in [0, 0.1) is 5.82 Å². The van der Waals surface area contributed by atoms with E-state index in [9.17, 15) is 14.3 Å². The van der Waals surface area contributed by atoms with E-state index in [-0.39, 0.29) is 35.4 Å². The van der Waals surface area contributed by atoms with Gasteiger partial charge in [0.25, 0.3) is 0 Å². The van der Waals surface area contributed by atoms with Gasteiger partial charge < -0.3 is 19.9 Å². The number of allylic oxidation sites excluding steroid dienone is 2. The van der Waals surface area contributed by atoms with Crippen LogP contribution in [0.15, 0.2) is 60.2 Å². The van der Waals surface area contributed by atoms with E-state index in [1.807, 2.05) is 13.0 Å². The van der Waals surface area contributed by atoms with E-state index in [2.05, 4.69) is 5.32 Å². The maximum atomic E-state index is 14.2. The van der Waals surface area contributed by atoms with Crippen LogP contribution in [0.3, 0.4) is 0 Å². The molecule has 1 aliphatic carbocycles. The Morgan fingerprint density at radius 1 is 1.03 bits per heavy atom. The number of benzene rings is 3. The third-order valence-electron chi connectivity index (χ3n) is 5.73. The van der Waals surface area contributed by atoms with Crippen molar-refractivity contribution in [2.75, 3.05) is 19.5 Å². The van der Waals surface area contributed by atoms with Gasteiger partial charge in [0.1, 0.15) is 5.82 Å². The van der Waals surface area contributed by atoms with Crippen molar-refractivity contribution in [3.63, 3.8) is 0 Å². The quantitative estimate of drug-likeness (QED) is 0.420. The van der Waals surface area contributed by atoms with E-state index in [4.69, 9.17) is 21.1 Å². The molecular formula is C27H23ClFNO4. The molecule has 0 bridgehead atoms. The summed E-state index contributed by atoms with van der Waals surface area (Å²) < 4.78 is 24.7. The number of nitrogens with one attached hydrogen (secondary N) is 1. The Morgan fingerprint density at radius 3 is 2.29 bits per heavy atom. The summed E-state index contributed by atoms with van der Waals surface area (Å²) in [6.45, 7) is 1.91. The molecule has 0 fully saturated rings. The highest BCUT2D eigenvalue weighted by Gasteiger charge is 2.26. The Kier molecular flexibility index (Phi) is 6.61. The molecule has 0 saturated heterocycles. The topological polar surface area (TPSA) is 67.8 Å². The maximum absolute atomic E-state index is 14.2. The smallest absolute Gasteiger partial charge is 0.228 e. The number of ether oxygens (including phenoxy) is 2. The summed E-state index contributed by atoms with van der Waals surface area (Å²) in [5, 5.41) is 13.7. The average Bonchev–Trinajstić information content (AvgIpc) is 3.06. The first-order valence-corrected chi connectivity index (χ1v) is 10.9. The zero-order chi connectivity index (χ0) is 24.4. The second-order valence-corrected chi connectivity index (χ2v) is 8.29. The van der Waals surface area contributed by atoms with Crippen LogP contribution in [-0.2, 0) is 4.79 Å². The molecule has 0 saturated carbocycles. The molecule has 0 unspecified atom stereocenters. The number of aromatic hydroxyl groups is 1. The Labute approximate surface area is 202 Å². The van der Waals surface area contributed by atoms with Crippen LogP contribution < -0.4 is 14.8 Å². The summed E-state index contributed by atoms with van der Waals surface area (Å²) >= 11 is 5.91. The highest BCUT2D eigenvalue weighted by Crippen LogP contribution is 2.45. The van der Waals surface area contributed by atoms with Crippen LogP contribution in [0.5, 0.6) is 17.2 Å². The van der Waals surface area contributed by atoms with E-state index in [1.165, 1.54) is 26.4 Å². The normalized spacial score (nSPS) is 13.7. The molecule has 34 heavy (non-hydrogen) atoms. The van der Waals surface area contributed by atoms with E-state index in [1.54, 1.807) is 42.5 Å². The van der Waals surface area contributed by atoms with Crippen LogP contribution in [0.2, 0.25) is 5.02 Å². The molecule has 174 valence electrons. The van der Waals surface area contributed by atoms with Gasteiger partial charge in [0.2, 0.25) is 11.7 Å². The zero-order valence-electron chi connectivity index (χ0n) is 18.9. The lowest BCUT2D eigenvalue weighted by molar-refractivity contribution is -0.115. The van der Waals surface area contributed by atoms with Gasteiger partial charge in [0.15, 0.2) is 11.5 Å². The van der Waals surface area contributed by atoms with Gasteiger partial charge >= 0.3 is 0 Å². The van der Waals surface area contributed by atoms with E-state index in [0.29, 0.717) is 16.3 Å². The molecule has 0 heterocycles. The first kappa shape index (κ1) is 23.4. The number of phenolic OH excluding ortho intramolecular Hbond substituents is 1. The fraction of sp³-hybridized carbons (Fsp3) is 0.148. The first-order valence-electron chi connectivity index (χ1n) is 10.5. The van der Waals surface area contributed by atoms with Gasteiger partial charge in [0.05, 0.1) is 20.6 Å². The van der Waals surface area contributed by atoms with Crippen LogP contribution in [0.25, 0.3) is 17.2 Å². The van der Waals surface area contributed by atoms with Gasteiger partial charge in [-0.3, -0.25) is 4.79 Å². The lowest BCUT2D eigenvalue weighted by atomic mass is 10.00. The molecule has 3 aromatic carbocycles. The third kappa shape index (κ3) is 4.63. The van der Waals surface area contributed by atoms with Crippen molar-refractivity contribution in [1.29, 1.82) is 0 Å². The molecule has 5 nitrogen and oxygen atoms in total. The zero-order valence-corrected chi connectivity index (χ0v) is 19.7. The molecule has 2 N–H and O–H groups in total. The van der Waals surface area contributed by atoms with Crippen molar-refractivity contribution in [2.24, 2.45) is 0 Å². The van der Waals surface area contributed by atoms with E-state index < -0.39 is 0 Å². The fourth-order valence-electron chi connectivity index (χ4n) is 4.04. The Bertz CT molecular complexity index is 1300. The van der Waals surface area contributed by atoms with Crippen LogP contribution in [0.1, 0.15) is 30.0 Å². The van der Waals surface area contributed by atoms with Crippen molar-refractivity contribution < 1.29 is 23.8 Å². The van der Waals surface area contributed by atoms with Crippen molar-refractivity contribution in [2.45, 2.75) is 13.3 Å². The maximum Gasteiger partial charge on any atom is 0.228 e. The van der Waals surface area contributed by atoms with Crippen LogP contribution in [0.4, 0.5) is 10.1 Å². The van der Waals surface area contributed by atoms with Crippen molar-refractivity contribution in [3.05, 3.63) is 87.7 Å². The summed E-state index contributed by atoms with van der Waals surface area (Å²) in [6, 6.07) is 14.8. The molecule has 0 radical (unpaired) electrons. The van der Waals surface area contributed by atoms with Gasteiger partial charge in [-0.1, -0.05) is 17.7 Å². The molecule has 1 aliphatic rings. The van der Waals surface area contributed by atoms with Gasteiger partial charge in [-0.2, -0.15) is 0 Å². The van der Waals surface area contributed by atoms with Crippen molar-refractivity contribution in [1.82, 2.24) is 0 Å². The number of halogens is 2. The van der Waals surface area contributed by atoms with Gasteiger partial charge in [-0.15, -0.1) is 0 Å². The first-order chi connectivity index (χ1) is 16.3. The summed E-state index contributed by atoms with van der Waals surface area (Å²) in [7, 11) is 2.92. The number of hydrogen-bond donors (Lipinski definition) is 2. The molecule has 1 amide bonds. The largest absolute Gasteiger partial charge is 0.502 e. The Hall–Kier alpha value is -3.77. The van der Waals surface area contributed by atoms with Crippen molar-refractivity contribution >= 4 is 40.4 Å². The summed E-state index contributed by atoms with van der Waals surface area (Å²) in [5.74, 6) is -0.147. The van der Waals surface area contributed by atoms with Gasteiger partial charge in [0, 0.05) is 10.7 Å². The number of carbonyl (C=O) groups is 1. The number of methoxy groups -OCH3 is 2. The Balaban J connectivity index is 1.73. The number of carbonyl (C=O) groups excluding carboxylic acids is 1. The lowest BCUT2D eigenvalue weighted by Crippen LogP contribution is -2.12. The predicted octanol–water partition coefficient (Wildman–Crippen LogP) is 6.56. The fourth-order valence-corrected chi connectivity index (χ4v) is 4.17. The van der Waals surface area contributed by atoms with Gasteiger partial charge in [-0.25, -0.2) is 4.39 Å². The standard InChI is InChI=1S/C27H23ClFNO4/c1-15-21(10-16-11-24(33-2)27(32)25(12-16)34-3)20-9-6-18(29)13-23(20)22(15)14-26(31)30-19-7-4-17(28)5-8-19/h4-13,32H,14H2,1-3H3,(H,30,31). The SMILES string of the molecule is COc1cc(C=C2C(C)=C(CC(=O)Nc3ccc(Cl)cc3)c3cc(F)ccc32)cc(OC)c1O. The monoisotopic (exact) mass is 479 g/mol. The van der Waals surface area contributed by atoms with Crippen LogP contribution in [-0.4, -0.2) is 25.2 Å². The highest BCUT2D eigenvalue weighted by atomic mass is 35.5. The van der Waals surface area contributed by atoms with Gasteiger partial charge in [-0.05, 0) is 94.9 Å². The second-order valence-electron chi connectivity index (χ2n) is 7.86.